The molecular weight excluding hydrogens is 290 g/mol. The zero-order valence-electron chi connectivity index (χ0n) is 10.6. The third-order valence-electron chi connectivity index (χ3n) is 3.17. The molecule has 0 radical (unpaired) electrons. The normalized spacial score (nSPS) is 24.5. The van der Waals surface area contributed by atoms with Crippen LogP contribution in [0.3, 0.4) is 0 Å². The van der Waals surface area contributed by atoms with Crippen LogP contribution in [0.4, 0.5) is 26.3 Å². The van der Waals surface area contributed by atoms with Gasteiger partial charge in [0, 0.05) is 6.04 Å². The topological polar surface area (TPSA) is 41.1 Å². The van der Waals surface area contributed by atoms with Gasteiger partial charge in [0.2, 0.25) is 5.91 Å². The molecule has 1 rings (SSSR count). The van der Waals surface area contributed by atoms with Gasteiger partial charge in [0.15, 0.2) is 0 Å². The lowest BCUT2D eigenvalue weighted by Crippen LogP contribution is -2.44. The van der Waals surface area contributed by atoms with Gasteiger partial charge >= 0.3 is 12.4 Å². The number of rotatable bonds is 4. The van der Waals surface area contributed by atoms with Crippen molar-refractivity contribution in [1.82, 2.24) is 10.6 Å². The van der Waals surface area contributed by atoms with Gasteiger partial charge in [-0.25, -0.2) is 0 Å². The van der Waals surface area contributed by atoms with Gasteiger partial charge in [-0.15, -0.1) is 0 Å². The molecule has 1 aliphatic carbocycles. The molecule has 0 spiro atoms. The molecule has 0 aliphatic heterocycles. The van der Waals surface area contributed by atoms with E-state index in [4.69, 9.17) is 0 Å². The molecule has 0 aromatic carbocycles. The van der Waals surface area contributed by atoms with Crippen LogP contribution in [0.5, 0.6) is 0 Å². The number of hydrogen-bond acceptors (Lipinski definition) is 2. The average molecular weight is 306 g/mol. The molecule has 0 aromatic heterocycles. The fraction of sp³-hybridized carbons (Fsp3) is 0.909. The van der Waals surface area contributed by atoms with Crippen LogP contribution in [-0.2, 0) is 4.79 Å². The van der Waals surface area contributed by atoms with Crippen LogP contribution in [0.2, 0.25) is 0 Å². The fourth-order valence-electron chi connectivity index (χ4n) is 2.17. The van der Waals surface area contributed by atoms with Crippen LogP contribution in [0.25, 0.3) is 0 Å². The highest BCUT2D eigenvalue weighted by molar-refractivity contribution is 5.78. The average Bonchev–Trinajstić information content (AvgIpc) is 2.32. The Morgan fingerprint density at radius 2 is 1.75 bits per heavy atom. The Morgan fingerprint density at radius 3 is 2.30 bits per heavy atom. The van der Waals surface area contributed by atoms with Crippen LogP contribution in [-0.4, -0.2) is 37.4 Å². The minimum Gasteiger partial charge on any atom is -0.346 e. The Kier molecular flexibility index (Phi) is 5.67. The standard InChI is InChI=1S/C11H16F6N2O/c12-10(13,14)6-19-9(20)5-18-8-3-1-2-7(4-8)11(15,16)17/h7-8,18H,1-6H2,(H,19,20). The molecule has 1 fully saturated rings. The zero-order chi connectivity index (χ0) is 15.4. The number of nitrogens with one attached hydrogen (secondary N) is 2. The van der Waals surface area contributed by atoms with Crippen LogP contribution < -0.4 is 10.6 Å². The second-order valence-corrected chi connectivity index (χ2v) is 4.87. The van der Waals surface area contributed by atoms with Crippen LogP contribution in [0, 0.1) is 5.92 Å². The summed E-state index contributed by atoms with van der Waals surface area (Å²) in [6, 6.07) is -0.494. The summed E-state index contributed by atoms with van der Waals surface area (Å²) in [6.07, 6.45) is -7.98. The molecule has 2 N–H and O–H groups in total. The van der Waals surface area contributed by atoms with Crippen molar-refractivity contribution in [3.63, 3.8) is 0 Å². The maximum absolute atomic E-state index is 12.5. The summed E-state index contributed by atoms with van der Waals surface area (Å²) >= 11 is 0. The Balaban J connectivity index is 2.29. The molecular formula is C11H16F6N2O. The van der Waals surface area contributed by atoms with E-state index in [0.29, 0.717) is 12.8 Å². The van der Waals surface area contributed by atoms with Crippen molar-refractivity contribution in [2.45, 2.75) is 44.1 Å². The van der Waals surface area contributed by atoms with Crippen molar-refractivity contribution >= 4 is 5.91 Å². The molecule has 0 saturated heterocycles. The van der Waals surface area contributed by atoms with E-state index >= 15 is 0 Å². The molecule has 0 aromatic rings. The molecule has 2 atom stereocenters. The number of carbonyl (C=O) groups excluding carboxylic acids is 1. The third kappa shape index (κ3) is 6.44. The maximum atomic E-state index is 12.5. The molecule has 1 amide bonds. The minimum absolute atomic E-state index is 0.0575. The predicted octanol–water partition coefficient (Wildman–Crippen LogP) is 2.38. The lowest BCUT2D eigenvalue weighted by molar-refractivity contribution is -0.183. The van der Waals surface area contributed by atoms with Gasteiger partial charge in [-0.1, -0.05) is 6.42 Å². The monoisotopic (exact) mass is 306 g/mol. The van der Waals surface area contributed by atoms with Crippen molar-refractivity contribution in [1.29, 1.82) is 0 Å². The highest BCUT2D eigenvalue weighted by Gasteiger charge is 2.42. The summed E-state index contributed by atoms with van der Waals surface area (Å²) in [4.78, 5) is 11.1. The Bertz CT molecular complexity index is 328. The predicted molar refractivity (Wildman–Crippen MR) is 58.9 cm³/mol. The highest BCUT2D eigenvalue weighted by atomic mass is 19.4. The van der Waals surface area contributed by atoms with Crippen molar-refractivity contribution in [2.75, 3.05) is 13.1 Å². The quantitative estimate of drug-likeness (QED) is 0.783. The van der Waals surface area contributed by atoms with Gasteiger partial charge in [0.05, 0.1) is 12.5 Å². The first-order valence-corrected chi connectivity index (χ1v) is 6.21. The van der Waals surface area contributed by atoms with Crippen LogP contribution in [0.1, 0.15) is 25.7 Å². The SMILES string of the molecule is O=C(CNC1CCCC(C(F)(F)F)C1)NCC(F)(F)F. The smallest absolute Gasteiger partial charge is 0.346 e. The van der Waals surface area contributed by atoms with E-state index in [2.05, 4.69) is 5.32 Å². The maximum Gasteiger partial charge on any atom is 0.405 e. The lowest BCUT2D eigenvalue weighted by atomic mass is 9.85. The number of amides is 1. The van der Waals surface area contributed by atoms with E-state index in [1.807, 2.05) is 0 Å². The van der Waals surface area contributed by atoms with Crippen molar-refractivity contribution in [2.24, 2.45) is 5.92 Å². The van der Waals surface area contributed by atoms with Gasteiger partial charge in [-0.2, -0.15) is 26.3 Å². The number of hydrogen-bond donors (Lipinski definition) is 2. The van der Waals surface area contributed by atoms with E-state index in [0.717, 1.165) is 0 Å². The highest BCUT2D eigenvalue weighted by Crippen LogP contribution is 2.37. The summed E-state index contributed by atoms with van der Waals surface area (Å²) in [5.41, 5.74) is 0. The van der Waals surface area contributed by atoms with E-state index in [-0.39, 0.29) is 12.8 Å². The molecule has 0 heterocycles. The second-order valence-electron chi connectivity index (χ2n) is 4.87. The molecule has 9 heteroatoms. The van der Waals surface area contributed by atoms with Gasteiger partial charge in [0.1, 0.15) is 6.54 Å². The van der Waals surface area contributed by atoms with Gasteiger partial charge < -0.3 is 10.6 Å². The molecule has 2 unspecified atom stereocenters. The first kappa shape index (κ1) is 17.1. The van der Waals surface area contributed by atoms with Gasteiger partial charge in [-0.3, -0.25) is 4.79 Å². The summed E-state index contributed by atoms with van der Waals surface area (Å²) in [6.45, 7) is -1.85. The van der Waals surface area contributed by atoms with Crippen LogP contribution in [0.15, 0.2) is 0 Å². The summed E-state index contributed by atoms with van der Waals surface area (Å²) < 4.78 is 73.1. The van der Waals surface area contributed by atoms with Crippen molar-refractivity contribution in [3.8, 4) is 0 Å². The molecule has 20 heavy (non-hydrogen) atoms. The Hall–Kier alpha value is -0.990. The number of halogens is 6. The second kappa shape index (κ2) is 6.64. The van der Waals surface area contributed by atoms with E-state index in [1.165, 1.54) is 0 Å². The fourth-order valence-corrected chi connectivity index (χ4v) is 2.17. The first-order valence-electron chi connectivity index (χ1n) is 6.21. The van der Waals surface area contributed by atoms with E-state index < -0.39 is 43.3 Å². The van der Waals surface area contributed by atoms with Crippen LogP contribution >= 0.6 is 0 Å². The zero-order valence-corrected chi connectivity index (χ0v) is 10.6. The van der Waals surface area contributed by atoms with Crippen molar-refractivity contribution in [3.05, 3.63) is 0 Å². The lowest BCUT2D eigenvalue weighted by Gasteiger charge is -2.31. The van der Waals surface area contributed by atoms with Gasteiger partial charge in [0.25, 0.3) is 0 Å². The summed E-state index contributed by atoms with van der Waals surface area (Å²) in [7, 11) is 0. The van der Waals surface area contributed by atoms with Gasteiger partial charge in [-0.05, 0) is 19.3 Å². The summed E-state index contributed by atoms with van der Waals surface area (Å²) in [5, 5.41) is 4.24. The minimum atomic E-state index is -4.50. The first-order chi connectivity index (χ1) is 9.08. The molecule has 1 aliphatic rings. The number of carbonyl (C=O) groups is 1. The number of alkyl halides is 6. The molecule has 1 saturated carbocycles. The Labute approximate surface area is 112 Å². The molecule has 3 nitrogen and oxygen atoms in total. The Morgan fingerprint density at radius 1 is 1.10 bits per heavy atom. The molecule has 0 bridgehead atoms. The largest absolute Gasteiger partial charge is 0.405 e. The molecule has 118 valence electrons. The third-order valence-corrected chi connectivity index (χ3v) is 3.17. The van der Waals surface area contributed by atoms with Crippen molar-refractivity contribution < 1.29 is 31.1 Å². The summed E-state index contributed by atoms with van der Waals surface area (Å²) in [5.74, 6) is -2.29. The van der Waals surface area contributed by atoms with E-state index in [9.17, 15) is 31.1 Å². The van der Waals surface area contributed by atoms with E-state index in [1.54, 1.807) is 5.32 Å².